The number of hydrogen-bond acceptors (Lipinski definition) is 5. The molecule has 2 aromatic carbocycles. The number of ether oxygens (including phenoxy) is 1. The molecule has 2 aliphatic rings. The van der Waals surface area contributed by atoms with Crippen LogP contribution in [-0.4, -0.2) is 57.4 Å². The van der Waals surface area contributed by atoms with Gasteiger partial charge in [-0.2, -0.15) is 4.31 Å². The van der Waals surface area contributed by atoms with Gasteiger partial charge in [-0.1, -0.05) is 11.6 Å². The number of fused-ring (bicyclic) bond motifs is 1. The van der Waals surface area contributed by atoms with Crippen molar-refractivity contribution in [1.29, 1.82) is 0 Å². The number of nitrogens with one attached hydrogen (secondary N) is 1. The lowest BCUT2D eigenvalue weighted by atomic mass is 10.0. The summed E-state index contributed by atoms with van der Waals surface area (Å²) >= 11 is 6.18. The molecule has 2 heterocycles. The number of sulfonamides is 1. The summed E-state index contributed by atoms with van der Waals surface area (Å²) in [5, 5.41) is 2.88. The normalized spacial score (nSPS) is 17.0. The molecule has 0 unspecified atom stereocenters. The summed E-state index contributed by atoms with van der Waals surface area (Å²) in [5.74, 6) is -0.461. The third-order valence-electron chi connectivity index (χ3n) is 5.62. The molecular formula is C22H24ClN3O5S. The lowest BCUT2D eigenvalue weighted by molar-refractivity contribution is -0.116. The molecule has 0 radical (unpaired) electrons. The van der Waals surface area contributed by atoms with Gasteiger partial charge in [-0.15, -0.1) is 0 Å². The van der Waals surface area contributed by atoms with Gasteiger partial charge in [0.05, 0.1) is 18.2 Å². The molecule has 10 heteroatoms. The number of anilines is 2. The molecule has 2 aliphatic heterocycles. The van der Waals surface area contributed by atoms with Crippen molar-refractivity contribution in [3.8, 4) is 0 Å². The molecule has 170 valence electrons. The third-order valence-corrected chi connectivity index (χ3v) is 8.00. The van der Waals surface area contributed by atoms with E-state index in [-0.39, 0.29) is 34.5 Å². The Kier molecular flexibility index (Phi) is 6.52. The zero-order valence-corrected chi connectivity index (χ0v) is 19.2. The minimum Gasteiger partial charge on any atom is -0.379 e. The quantitative estimate of drug-likeness (QED) is 0.730. The number of halogens is 1. The van der Waals surface area contributed by atoms with Crippen molar-refractivity contribution in [1.82, 2.24) is 4.31 Å². The number of carbonyl (C=O) groups excluding carboxylic acids is 2. The Hall–Kier alpha value is -2.46. The van der Waals surface area contributed by atoms with Crippen LogP contribution < -0.4 is 10.2 Å². The van der Waals surface area contributed by atoms with Crippen LogP contribution in [0.1, 0.15) is 29.3 Å². The van der Waals surface area contributed by atoms with Crippen molar-refractivity contribution >= 4 is 44.8 Å². The Morgan fingerprint density at radius 3 is 2.53 bits per heavy atom. The van der Waals surface area contributed by atoms with Gasteiger partial charge in [0.25, 0.3) is 5.91 Å². The molecule has 0 atom stereocenters. The molecule has 0 saturated carbocycles. The van der Waals surface area contributed by atoms with E-state index in [2.05, 4.69) is 5.32 Å². The second-order valence-electron chi connectivity index (χ2n) is 7.73. The Bertz CT molecular complexity index is 1160. The fourth-order valence-electron chi connectivity index (χ4n) is 3.97. The van der Waals surface area contributed by atoms with E-state index in [0.717, 1.165) is 24.1 Å². The molecule has 0 spiro atoms. The van der Waals surface area contributed by atoms with Crippen molar-refractivity contribution in [3.63, 3.8) is 0 Å². The van der Waals surface area contributed by atoms with E-state index in [1.54, 1.807) is 11.0 Å². The van der Waals surface area contributed by atoms with Gasteiger partial charge in [0, 0.05) is 43.5 Å². The summed E-state index contributed by atoms with van der Waals surface area (Å²) in [6.45, 7) is 3.32. The Labute approximate surface area is 192 Å². The fraction of sp³-hybridized carbons (Fsp3) is 0.364. The second-order valence-corrected chi connectivity index (χ2v) is 10.0. The summed E-state index contributed by atoms with van der Waals surface area (Å²) in [5.41, 5.74) is 2.60. The van der Waals surface area contributed by atoms with Crippen molar-refractivity contribution in [2.45, 2.75) is 24.7 Å². The van der Waals surface area contributed by atoms with Gasteiger partial charge >= 0.3 is 0 Å². The van der Waals surface area contributed by atoms with E-state index in [9.17, 15) is 18.0 Å². The third kappa shape index (κ3) is 4.52. The van der Waals surface area contributed by atoms with Gasteiger partial charge in [-0.25, -0.2) is 8.42 Å². The van der Waals surface area contributed by atoms with Crippen LogP contribution in [0.2, 0.25) is 5.02 Å². The average molecular weight is 478 g/mol. The summed E-state index contributed by atoms with van der Waals surface area (Å²) in [6, 6.07) is 9.62. The number of aryl methyl sites for hydroxylation is 1. The van der Waals surface area contributed by atoms with Crippen LogP contribution in [0.5, 0.6) is 0 Å². The van der Waals surface area contributed by atoms with E-state index < -0.39 is 15.9 Å². The number of amides is 2. The van der Waals surface area contributed by atoms with E-state index in [1.165, 1.54) is 29.4 Å². The molecule has 2 aromatic rings. The first-order chi connectivity index (χ1) is 15.3. The molecule has 8 nitrogen and oxygen atoms in total. The van der Waals surface area contributed by atoms with Crippen molar-refractivity contribution in [2.24, 2.45) is 0 Å². The van der Waals surface area contributed by atoms with E-state index in [4.69, 9.17) is 16.3 Å². The maximum atomic E-state index is 13.0. The number of benzene rings is 2. The molecule has 1 saturated heterocycles. The Morgan fingerprint density at radius 1 is 1.06 bits per heavy atom. The van der Waals surface area contributed by atoms with Gasteiger partial charge in [0.15, 0.2) is 0 Å². The largest absolute Gasteiger partial charge is 0.379 e. The maximum Gasteiger partial charge on any atom is 0.255 e. The first-order valence-electron chi connectivity index (χ1n) is 10.4. The molecular weight excluding hydrogens is 454 g/mol. The predicted molar refractivity (Wildman–Crippen MR) is 122 cm³/mol. The molecule has 0 aliphatic carbocycles. The number of rotatable bonds is 4. The van der Waals surface area contributed by atoms with Gasteiger partial charge in [-0.3, -0.25) is 9.59 Å². The zero-order valence-electron chi connectivity index (χ0n) is 17.6. The van der Waals surface area contributed by atoms with E-state index in [0.29, 0.717) is 25.4 Å². The highest BCUT2D eigenvalue weighted by atomic mass is 35.5. The number of morpholine rings is 1. The van der Waals surface area contributed by atoms with Gasteiger partial charge in [-0.05, 0) is 54.8 Å². The lowest BCUT2D eigenvalue weighted by Gasteiger charge is -2.29. The molecule has 0 aromatic heterocycles. The highest BCUT2D eigenvalue weighted by Crippen LogP contribution is 2.31. The van der Waals surface area contributed by atoms with Crippen molar-refractivity contribution < 1.29 is 22.7 Å². The van der Waals surface area contributed by atoms with Gasteiger partial charge in [0.1, 0.15) is 4.90 Å². The predicted octanol–water partition coefficient (Wildman–Crippen LogP) is 2.91. The van der Waals surface area contributed by atoms with Crippen LogP contribution in [0.25, 0.3) is 0 Å². The van der Waals surface area contributed by atoms with Crippen LogP contribution in [-0.2, 0) is 26.0 Å². The average Bonchev–Trinajstić information content (AvgIpc) is 2.79. The van der Waals surface area contributed by atoms with Crippen LogP contribution in [0.3, 0.4) is 0 Å². The van der Waals surface area contributed by atoms with Gasteiger partial charge in [0.2, 0.25) is 15.9 Å². The zero-order chi connectivity index (χ0) is 22.9. The number of nitrogens with zero attached hydrogens (tertiary/aromatic N) is 2. The number of hydrogen-bond donors (Lipinski definition) is 1. The minimum absolute atomic E-state index is 0.0158. The second kappa shape index (κ2) is 9.19. The molecule has 0 bridgehead atoms. The highest BCUT2D eigenvalue weighted by molar-refractivity contribution is 7.89. The van der Waals surface area contributed by atoms with Crippen molar-refractivity contribution in [3.05, 3.63) is 52.5 Å². The molecule has 32 heavy (non-hydrogen) atoms. The standard InChI is InChI=1S/C22H24ClN3O5S/c1-15(27)26-8-2-3-16-13-18(5-7-20(16)26)24-22(28)17-4-6-19(23)21(14-17)32(29,30)25-9-11-31-12-10-25/h4-7,13-14H,2-3,8-12H2,1H3,(H,24,28). The summed E-state index contributed by atoms with van der Waals surface area (Å²) in [6.07, 6.45) is 1.66. The monoisotopic (exact) mass is 477 g/mol. The van der Waals surface area contributed by atoms with E-state index >= 15 is 0 Å². The topological polar surface area (TPSA) is 96.0 Å². The highest BCUT2D eigenvalue weighted by Gasteiger charge is 2.29. The smallest absolute Gasteiger partial charge is 0.255 e. The SMILES string of the molecule is CC(=O)N1CCCc2cc(NC(=O)c3ccc(Cl)c(S(=O)(=O)N4CCOCC4)c3)ccc21. The first-order valence-corrected chi connectivity index (χ1v) is 12.2. The fourth-order valence-corrected chi connectivity index (χ4v) is 5.88. The van der Waals surface area contributed by atoms with Gasteiger partial charge < -0.3 is 15.0 Å². The molecule has 1 fully saturated rings. The van der Waals surface area contributed by atoms with Crippen LogP contribution in [0.15, 0.2) is 41.3 Å². The maximum absolute atomic E-state index is 13.0. The molecule has 2 amide bonds. The summed E-state index contributed by atoms with van der Waals surface area (Å²) in [4.78, 5) is 26.4. The van der Waals surface area contributed by atoms with Crippen LogP contribution >= 0.6 is 11.6 Å². The lowest BCUT2D eigenvalue weighted by Crippen LogP contribution is -2.40. The van der Waals surface area contributed by atoms with Crippen LogP contribution in [0.4, 0.5) is 11.4 Å². The Morgan fingerprint density at radius 2 is 1.81 bits per heavy atom. The summed E-state index contributed by atoms with van der Waals surface area (Å²) in [7, 11) is -3.84. The summed E-state index contributed by atoms with van der Waals surface area (Å²) < 4.78 is 32.6. The molecule has 4 rings (SSSR count). The van der Waals surface area contributed by atoms with Crippen LogP contribution in [0, 0.1) is 0 Å². The molecule has 1 N–H and O–H groups in total. The Balaban J connectivity index is 1.57. The minimum atomic E-state index is -3.84. The number of carbonyl (C=O) groups is 2. The first kappa shape index (κ1) is 22.7. The van der Waals surface area contributed by atoms with E-state index in [1.807, 2.05) is 12.1 Å². The van der Waals surface area contributed by atoms with Crippen molar-refractivity contribution in [2.75, 3.05) is 43.1 Å².